The molecule has 2 N–H and O–H groups in total. The van der Waals surface area contributed by atoms with Crippen LogP contribution in [0.25, 0.3) is 0 Å². The van der Waals surface area contributed by atoms with E-state index in [9.17, 15) is 19.8 Å². The first-order valence-electron chi connectivity index (χ1n) is 11.4. The fraction of sp³-hybridized carbons (Fsp3) is 0.833. The van der Waals surface area contributed by atoms with Crippen molar-refractivity contribution in [2.24, 2.45) is 17.8 Å². The summed E-state index contributed by atoms with van der Waals surface area (Å²) in [4.78, 5) is 24.6. The molecule has 0 amide bonds. The topological polar surface area (TPSA) is 83.8 Å². The fourth-order valence-electron chi connectivity index (χ4n) is 4.23. The summed E-state index contributed by atoms with van der Waals surface area (Å²) in [5.74, 6) is 0.0222. The van der Waals surface area contributed by atoms with Crippen LogP contribution in [0.5, 0.6) is 0 Å². The van der Waals surface area contributed by atoms with Gasteiger partial charge in [0, 0.05) is 11.3 Å². The molecule has 1 aliphatic carbocycles. The van der Waals surface area contributed by atoms with Crippen molar-refractivity contribution in [3.8, 4) is 0 Å². The molecule has 5 nitrogen and oxygen atoms in total. The van der Waals surface area contributed by atoms with Crippen LogP contribution in [0, 0.1) is 17.8 Å². The van der Waals surface area contributed by atoms with Crippen LogP contribution in [0.4, 0.5) is 0 Å². The molecule has 174 valence electrons. The maximum Gasteiger partial charge on any atom is 0.305 e. The number of ketones is 1. The molecule has 1 rings (SSSR count). The van der Waals surface area contributed by atoms with Crippen molar-refractivity contribution in [3.63, 3.8) is 0 Å². The highest BCUT2D eigenvalue weighted by Gasteiger charge is 2.49. The molecule has 4 atom stereocenters. The zero-order chi connectivity index (χ0) is 22.7. The molecular weight excluding hydrogens is 400 g/mol. The summed E-state index contributed by atoms with van der Waals surface area (Å²) in [5, 5.41) is 22.1. The Balaban J connectivity index is 2.61. The fourth-order valence-corrected chi connectivity index (χ4v) is 4.88. The Morgan fingerprint density at radius 2 is 1.83 bits per heavy atom. The highest BCUT2D eigenvalue weighted by molar-refractivity contribution is 8.03. The Bertz CT molecular complexity index is 574. The Kier molecular flexibility index (Phi) is 12.3. The minimum atomic E-state index is -1.27. The molecular formula is C24H42O5S. The van der Waals surface area contributed by atoms with Gasteiger partial charge in [0.25, 0.3) is 0 Å². The van der Waals surface area contributed by atoms with Crippen molar-refractivity contribution >= 4 is 23.5 Å². The second-order valence-electron chi connectivity index (χ2n) is 9.26. The Morgan fingerprint density at radius 3 is 2.43 bits per heavy atom. The number of aliphatic hydroxyl groups is 2. The molecule has 4 unspecified atom stereocenters. The van der Waals surface area contributed by atoms with Gasteiger partial charge in [-0.15, -0.1) is 11.8 Å². The van der Waals surface area contributed by atoms with Gasteiger partial charge in [-0.25, -0.2) is 0 Å². The lowest BCUT2D eigenvalue weighted by molar-refractivity contribution is -0.140. The molecule has 0 heterocycles. The lowest BCUT2D eigenvalue weighted by Crippen LogP contribution is -2.44. The van der Waals surface area contributed by atoms with E-state index in [0.717, 1.165) is 19.3 Å². The van der Waals surface area contributed by atoms with Crippen LogP contribution in [0.2, 0.25) is 0 Å². The minimum Gasteiger partial charge on any atom is -0.469 e. The van der Waals surface area contributed by atoms with Crippen LogP contribution >= 0.6 is 11.8 Å². The molecule has 0 aromatic rings. The van der Waals surface area contributed by atoms with Gasteiger partial charge in [-0.05, 0) is 49.9 Å². The van der Waals surface area contributed by atoms with E-state index >= 15 is 0 Å². The Labute approximate surface area is 187 Å². The van der Waals surface area contributed by atoms with Crippen LogP contribution in [-0.2, 0) is 14.3 Å². The number of rotatable bonds is 15. The summed E-state index contributed by atoms with van der Waals surface area (Å²) in [6.07, 6.45) is 10.5. The van der Waals surface area contributed by atoms with Crippen molar-refractivity contribution in [1.29, 1.82) is 0 Å². The summed E-state index contributed by atoms with van der Waals surface area (Å²) in [6, 6.07) is 0. The SMILES string of the molecule is COC(=O)CCCCCC(O)C1C(=O)C(SC)=CC1(O)CCC(C)CCCC(C)C. The number of carbonyl (C=O) groups is 2. The number of esters is 1. The number of allylic oxidation sites excluding steroid dienone is 1. The van der Waals surface area contributed by atoms with Gasteiger partial charge >= 0.3 is 5.97 Å². The van der Waals surface area contributed by atoms with Gasteiger partial charge in [0.2, 0.25) is 0 Å². The van der Waals surface area contributed by atoms with Crippen molar-refractivity contribution in [2.45, 2.75) is 96.7 Å². The number of methoxy groups -OCH3 is 1. The molecule has 0 aliphatic heterocycles. The highest BCUT2D eigenvalue weighted by atomic mass is 32.2. The molecule has 0 saturated heterocycles. The monoisotopic (exact) mass is 442 g/mol. The molecule has 1 aliphatic rings. The van der Waals surface area contributed by atoms with Gasteiger partial charge in [0.15, 0.2) is 5.78 Å². The van der Waals surface area contributed by atoms with Crippen LogP contribution in [0.3, 0.4) is 0 Å². The van der Waals surface area contributed by atoms with Crippen molar-refractivity contribution in [1.82, 2.24) is 0 Å². The van der Waals surface area contributed by atoms with Crippen LogP contribution in [-0.4, -0.2) is 47.0 Å². The molecule has 0 spiro atoms. The zero-order valence-electron chi connectivity index (χ0n) is 19.5. The molecule has 0 aromatic heterocycles. The smallest absolute Gasteiger partial charge is 0.305 e. The molecule has 0 radical (unpaired) electrons. The van der Waals surface area contributed by atoms with Crippen molar-refractivity contribution < 1.29 is 24.5 Å². The van der Waals surface area contributed by atoms with E-state index in [4.69, 9.17) is 0 Å². The second kappa shape index (κ2) is 13.5. The lowest BCUT2D eigenvalue weighted by atomic mass is 9.78. The molecule has 6 heteroatoms. The molecule has 0 aromatic carbocycles. The van der Waals surface area contributed by atoms with Crippen LogP contribution < -0.4 is 0 Å². The number of Topliss-reactive ketones (excluding diaryl/α,β-unsaturated/α-hetero) is 1. The third-order valence-corrected chi connectivity index (χ3v) is 6.93. The quantitative estimate of drug-likeness (QED) is 0.277. The van der Waals surface area contributed by atoms with Gasteiger partial charge in [0.1, 0.15) is 0 Å². The first kappa shape index (κ1) is 27.2. The predicted molar refractivity (Wildman–Crippen MR) is 123 cm³/mol. The lowest BCUT2D eigenvalue weighted by Gasteiger charge is -2.32. The van der Waals surface area contributed by atoms with Crippen LogP contribution in [0.15, 0.2) is 11.0 Å². The summed E-state index contributed by atoms with van der Waals surface area (Å²) in [5.41, 5.74) is -1.27. The van der Waals surface area contributed by atoms with E-state index in [0.29, 0.717) is 48.8 Å². The summed E-state index contributed by atoms with van der Waals surface area (Å²) in [7, 11) is 1.38. The summed E-state index contributed by atoms with van der Waals surface area (Å²) in [6.45, 7) is 6.66. The first-order chi connectivity index (χ1) is 14.1. The Morgan fingerprint density at radius 1 is 1.13 bits per heavy atom. The number of unbranched alkanes of at least 4 members (excludes halogenated alkanes) is 2. The molecule has 0 saturated carbocycles. The zero-order valence-corrected chi connectivity index (χ0v) is 20.3. The maximum absolute atomic E-state index is 12.8. The minimum absolute atomic E-state index is 0.139. The van der Waals surface area contributed by atoms with Gasteiger partial charge in [-0.3, -0.25) is 9.59 Å². The number of thioether (sulfide) groups is 1. The van der Waals surface area contributed by atoms with E-state index in [1.807, 2.05) is 6.26 Å². The van der Waals surface area contributed by atoms with E-state index < -0.39 is 17.6 Å². The molecule has 0 bridgehead atoms. The Hall–Kier alpha value is -0.850. The maximum atomic E-state index is 12.8. The van der Waals surface area contributed by atoms with Gasteiger partial charge in [-0.1, -0.05) is 52.9 Å². The van der Waals surface area contributed by atoms with E-state index in [2.05, 4.69) is 25.5 Å². The van der Waals surface area contributed by atoms with Gasteiger partial charge < -0.3 is 14.9 Å². The number of ether oxygens (including phenoxy) is 1. The van der Waals surface area contributed by atoms with Crippen molar-refractivity contribution in [3.05, 3.63) is 11.0 Å². The van der Waals surface area contributed by atoms with E-state index in [-0.39, 0.29) is 11.8 Å². The number of hydrogen-bond donors (Lipinski definition) is 2. The predicted octanol–water partition coefficient (Wildman–Crippen LogP) is 4.89. The highest BCUT2D eigenvalue weighted by Crippen LogP contribution is 2.42. The van der Waals surface area contributed by atoms with E-state index in [1.165, 1.54) is 31.7 Å². The number of aliphatic hydroxyl groups excluding tert-OH is 1. The van der Waals surface area contributed by atoms with E-state index in [1.54, 1.807) is 6.08 Å². The normalized spacial score (nSPS) is 23.5. The average molecular weight is 443 g/mol. The number of carbonyl (C=O) groups excluding carboxylic acids is 2. The largest absolute Gasteiger partial charge is 0.469 e. The first-order valence-corrected chi connectivity index (χ1v) is 12.6. The average Bonchev–Trinajstić information content (AvgIpc) is 2.95. The summed E-state index contributed by atoms with van der Waals surface area (Å²) >= 11 is 1.34. The van der Waals surface area contributed by atoms with Crippen molar-refractivity contribution in [2.75, 3.05) is 13.4 Å². The third-order valence-electron chi connectivity index (χ3n) is 6.17. The standard InChI is InChI=1S/C24H42O5S/c1-17(2)10-9-11-18(3)14-15-24(28)16-20(30-5)23(27)22(24)19(25)12-7-6-8-13-21(26)29-4/h16-19,22,25,28H,6-15H2,1-5H3. The molecule has 0 fully saturated rings. The second-order valence-corrected chi connectivity index (χ2v) is 10.1. The van der Waals surface area contributed by atoms with Crippen LogP contribution in [0.1, 0.15) is 85.0 Å². The van der Waals surface area contributed by atoms with Gasteiger partial charge in [0.05, 0.1) is 24.7 Å². The summed E-state index contributed by atoms with van der Waals surface area (Å²) < 4.78 is 4.63. The third kappa shape index (κ3) is 8.72. The molecule has 30 heavy (non-hydrogen) atoms. The van der Waals surface area contributed by atoms with Gasteiger partial charge in [-0.2, -0.15) is 0 Å². The number of hydrogen-bond acceptors (Lipinski definition) is 6.